The normalized spacial score (nSPS) is 18.4. The fraction of sp³-hybridized carbons (Fsp3) is 0.286. The van der Waals surface area contributed by atoms with E-state index in [9.17, 15) is 9.59 Å². The van der Waals surface area contributed by atoms with Gasteiger partial charge >= 0.3 is 5.97 Å². The molecule has 0 saturated heterocycles. The summed E-state index contributed by atoms with van der Waals surface area (Å²) in [5, 5.41) is 0.569. The average molecular weight is 383 g/mol. The van der Waals surface area contributed by atoms with E-state index in [1.807, 2.05) is 18.2 Å². The number of methoxy groups -OCH3 is 1. The fourth-order valence-corrected chi connectivity index (χ4v) is 3.87. The van der Waals surface area contributed by atoms with Gasteiger partial charge in [0.15, 0.2) is 0 Å². The van der Waals surface area contributed by atoms with Crippen molar-refractivity contribution in [2.45, 2.75) is 25.8 Å². The van der Waals surface area contributed by atoms with Gasteiger partial charge in [-0.3, -0.25) is 9.79 Å². The lowest BCUT2D eigenvalue weighted by Crippen LogP contribution is -2.36. The molecule has 0 N–H and O–H groups in total. The Hall–Kier alpha value is -2.66. The lowest BCUT2D eigenvalue weighted by molar-refractivity contribution is -0.120. The second kappa shape index (κ2) is 7.16. The number of ether oxygens (including phenoxy) is 1. The van der Waals surface area contributed by atoms with Crippen LogP contribution in [-0.4, -0.2) is 24.7 Å². The van der Waals surface area contributed by atoms with Crippen LogP contribution in [0.25, 0.3) is 0 Å². The molecule has 1 amide bonds. The van der Waals surface area contributed by atoms with Gasteiger partial charge in [0.05, 0.1) is 36.5 Å². The number of aliphatic imine (C=N–C) groups is 1. The molecule has 2 aliphatic rings. The van der Waals surface area contributed by atoms with Crippen LogP contribution in [0.4, 0.5) is 11.4 Å². The van der Waals surface area contributed by atoms with Crippen molar-refractivity contribution in [2.24, 2.45) is 10.9 Å². The highest BCUT2D eigenvalue weighted by molar-refractivity contribution is 6.31. The van der Waals surface area contributed by atoms with Gasteiger partial charge in [0.1, 0.15) is 0 Å². The van der Waals surface area contributed by atoms with E-state index in [-0.39, 0.29) is 17.8 Å². The van der Waals surface area contributed by atoms with E-state index in [0.717, 1.165) is 41.9 Å². The molecular weight excluding hydrogens is 364 g/mol. The van der Waals surface area contributed by atoms with Crippen molar-refractivity contribution >= 4 is 40.6 Å². The lowest BCUT2D eigenvalue weighted by atomic mass is 10.0. The van der Waals surface area contributed by atoms with Crippen LogP contribution in [0, 0.1) is 5.92 Å². The number of rotatable bonds is 3. The van der Waals surface area contributed by atoms with Gasteiger partial charge in [0.2, 0.25) is 5.91 Å². The minimum atomic E-state index is -0.381. The lowest BCUT2D eigenvalue weighted by Gasteiger charge is -2.25. The summed E-state index contributed by atoms with van der Waals surface area (Å²) in [6.45, 7) is 0.396. The van der Waals surface area contributed by atoms with Crippen molar-refractivity contribution in [2.75, 3.05) is 12.0 Å². The molecule has 27 heavy (non-hydrogen) atoms. The number of esters is 1. The summed E-state index contributed by atoms with van der Waals surface area (Å²) in [4.78, 5) is 31.4. The Balaban J connectivity index is 1.70. The number of amides is 1. The minimum absolute atomic E-state index is 0.0595. The molecule has 0 spiro atoms. The Bertz CT molecular complexity index is 937. The summed E-state index contributed by atoms with van der Waals surface area (Å²) in [5.74, 6) is -0.483. The van der Waals surface area contributed by atoms with Gasteiger partial charge in [-0.15, -0.1) is 0 Å². The first kappa shape index (κ1) is 17.7. The molecule has 0 radical (unpaired) electrons. The first-order valence-electron chi connectivity index (χ1n) is 8.92. The zero-order valence-electron chi connectivity index (χ0n) is 14.9. The molecule has 1 aliphatic carbocycles. The Morgan fingerprint density at radius 2 is 2.04 bits per heavy atom. The Kier molecular flexibility index (Phi) is 4.70. The molecule has 1 saturated carbocycles. The van der Waals surface area contributed by atoms with Gasteiger partial charge in [-0.2, -0.15) is 0 Å². The van der Waals surface area contributed by atoms with Gasteiger partial charge < -0.3 is 9.64 Å². The van der Waals surface area contributed by atoms with Crippen molar-refractivity contribution in [3.05, 3.63) is 58.6 Å². The van der Waals surface area contributed by atoms with E-state index >= 15 is 0 Å². The van der Waals surface area contributed by atoms with Gasteiger partial charge in [0.25, 0.3) is 0 Å². The van der Waals surface area contributed by atoms with Crippen LogP contribution in [0.3, 0.4) is 0 Å². The van der Waals surface area contributed by atoms with E-state index in [0.29, 0.717) is 17.1 Å². The van der Waals surface area contributed by atoms with Crippen LogP contribution in [-0.2, 0) is 16.1 Å². The quantitative estimate of drug-likeness (QED) is 0.732. The highest BCUT2D eigenvalue weighted by Crippen LogP contribution is 2.40. The predicted octanol–water partition coefficient (Wildman–Crippen LogP) is 4.55. The zero-order chi connectivity index (χ0) is 19.0. The van der Waals surface area contributed by atoms with E-state index in [1.165, 1.54) is 7.11 Å². The van der Waals surface area contributed by atoms with Crippen LogP contribution in [0.5, 0.6) is 0 Å². The monoisotopic (exact) mass is 382 g/mol. The number of nitrogens with zero attached hydrogens (tertiary/aromatic N) is 2. The second-order valence-corrected chi connectivity index (χ2v) is 7.23. The molecule has 138 valence electrons. The summed E-state index contributed by atoms with van der Waals surface area (Å²) in [6, 6.07) is 12.6. The zero-order valence-corrected chi connectivity index (χ0v) is 15.7. The molecule has 0 aromatic heterocycles. The topological polar surface area (TPSA) is 59.0 Å². The predicted molar refractivity (Wildman–Crippen MR) is 105 cm³/mol. The summed E-state index contributed by atoms with van der Waals surface area (Å²) in [7, 11) is 1.35. The van der Waals surface area contributed by atoms with Crippen LogP contribution < -0.4 is 4.90 Å². The third-order valence-corrected chi connectivity index (χ3v) is 5.34. The third-order valence-electron chi connectivity index (χ3n) is 5.10. The Morgan fingerprint density at radius 1 is 1.26 bits per heavy atom. The molecule has 1 atom stereocenters. The van der Waals surface area contributed by atoms with Gasteiger partial charge in [-0.1, -0.05) is 23.7 Å². The summed E-state index contributed by atoms with van der Waals surface area (Å²) in [5.41, 5.74) is 3.87. The molecule has 6 heteroatoms. The maximum absolute atomic E-state index is 13.3. The number of hydrogen-bond donors (Lipinski definition) is 0. The number of benzene rings is 2. The van der Waals surface area contributed by atoms with Crippen molar-refractivity contribution in [1.82, 2.24) is 0 Å². The Morgan fingerprint density at radius 3 is 2.78 bits per heavy atom. The van der Waals surface area contributed by atoms with Crippen molar-refractivity contribution in [3.8, 4) is 0 Å². The van der Waals surface area contributed by atoms with Gasteiger partial charge in [-0.25, -0.2) is 4.79 Å². The average Bonchev–Trinajstić information content (AvgIpc) is 3.11. The van der Waals surface area contributed by atoms with Crippen molar-refractivity contribution in [3.63, 3.8) is 0 Å². The largest absolute Gasteiger partial charge is 0.465 e. The molecule has 1 aliphatic heterocycles. The molecule has 5 nitrogen and oxygen atoms in total. The maximum Gasteiger partial charge on any atom is 0.337 e. The van der Waals surface area contributed by atoms with E-state index in [1.54, 1.807) is 29.2 Å². The van der Waals surface area contributed by atoms with E-state index in [2.05, 4.69) is 0 Å². The van der Waals surface area contributed by atoms with Crippen molar-refractivity contribution < 1.29 is 14.3 Å². The van der Waals surface area contributed by atoms with Gasteiger partial charge in [0, 0.05) is 10.7 Å². The maximum atomic E-state index is 13.3. The molecule has 0 bridgehead atoms. The van der Waals surface area contributed by atoms with E-state index < -0.39 is 0 Å². The molecule has 4 rings (SSSR count). The van der Waals surface area contributed by atoms with Gasteiger partial charge in [-0.05, 0) is 55.2 Å². The van der Waals surface area contributed by atoms with Crippen LogP contribution in [0.2, 0.25) is 5.02 Å². The summed E-state index contributed by atoms with van der Waals surface area (Å²) in [6.07, 6.45) is 2.68. The molecule has 2 aromatic rings. The fourth-order valence-electron chi connectivity index (χ4n) is 3.71. The third kappa shape index (κ3) is 3.35. The van der Waals surface area contributed by atoms with Crippen LogP contribution >= 0.6 is 11.6 Å². The first-order chi connectivity index (χ1) is 13.1. The summed E-state index contributed by atoms with van der Waals surface area (Å²) >= 11 is 6.20. The standard InChI is InChI=1S/C21H19ClN2O3/c1-27-21(26)14-7-5-13(6-8-14)12-24-19-11-15(22)9-10-18(19)23-17-4-2-3-16(17)20(24)25/h5-11,16H,2-4,12H2,1H3. The number of hydrogen-bond acceptors (Lipinski definition) is 4. The highest BCUT2D eigenvalue weighted by atomic mass is 35.5. The SMILES string of the molecule is COC(=O)c1ccc(CN2C(=O)C3CCCC3=Nc3ccc(Cl)cc32)cc1. The second-order valence-electron chi connectivity index (χ2n) is 6.79. The highest BCUT2D eigenvalue weighted by Gasteiger charge is 2.36. The number of fused-ring (bicyclic) bond motifs is 2. The molecule has 1 unspecified atom stereocenters. The van der Waals surface area contributed by atoms with E-state index in [4.69, 9.17) is 21.3 Å². The smallest absolute Gasteiger partial charge is 0.337 e. The number of carbonyl (C=O) groups is 2. The molecule has 1 fully saturated rings. The number of carbonyl (C=O) groups excluding carboxylic acids is 2. The number of anilines is 1. The molecule has 2 aromatic carbocycles. The first-order valence-corrected chi connectivity index (χ1v) is 9.30. The summed E-state index contributed by atoms with van der Waals surface area (Å²) < 4.78 is 4.73. The van der Waals surface area contributed by atoms with Crippen molar-refractivity contribution in [1.29, 1.82) is 0 Å². The molecule has 1 heterocycles. The molecular formula is C21H19ClN2O3. The Labute approximate surface area is 162 Å². The number of halogens is 1. The van der Waals surface area contributed by atoms with Crippen LogP contribution in [0.15, 0.2) is 47.5 Å². The van der Waals surface area contributed by atoms with Crippen LogP contribution in [0.1, 0.15) is 35.2 Å². The minimum Gasteiger partial charge on any atom is -0.465 e.